The summed E-state index contributed by atoms with van der Waals surface area (Å²) in [5.41, 5.74) is 0.908. The molecule has 0 aliphatic rings. The first kappa shape index (κ1) is 13.9. The highest BCUT2D eigenvalue weighted by molar-refractivity contribution is 9.10. The smallest absolute Gasteiger partial charge is 0.155 e. The van der Waals surface area contributed by atoms with Crippen molar-refractivity contribution in [3.05, 3.63) is 58.5 Å². The van der Waals surface area contributed by atoms with Crippen LogP contribution in [0.3, 0.4) is 0 Å². The van der Waals surface area contributed by atoms with E-state index in [-0.39, 0.29) is 12.2 Å². The standard InChI is InChI=1S/C13H8BrF3N4/c14-11-6-21-8(3-19-12(21)5-18-11)4-20-13-9(16)1-7(15)2-10(13)17/h1-3,5-6,20H,4H2. The third-order valence-corrected chi connectivity index (χ3v) is 3.30. The van der Waals surface area contributed by atoms with E-state index in [1.807, 2.05) is 0 Å². The van der Waals surface area contributed by atoms with Crippen LogP contribution in [0.5, 0.6) is 0 Å². The number of halogens is 4. The third kappa shape index (κ3) is 2.71. The Kier molecular flexibility index (Phi) is 3.54. The summed E-state index contributed by atoms with van der Waals surface area (Å²) < 4.78 is 42.2. The van der Waals surface area contributed by atoms with Crippen LogP contribution in [0.25, 0.3) is 5.65 Å². The maximum absolute atomic E-state index is 13.5. The summed E-state index contributed by atoms with van der Waals surface area (Å²) in [5, 5.41) is 2.61. The summed E-state index contributed by atoms with van der Waals surface area (Å²) in [6.07, 6.45) is 4.82. The van der Waals surface area contributed by atoms with Crippen LogP contribution in [0.15, 0.2) is 35.3 Å². The van der Waals surface area contributed by atoms with Crippen molar-refractivity contribution >= 4 is 27.3 Å². The molecule has 0 radical (unpaired) electrons. The zero-order valence-corrected chi connectivity index (χ0v) is 12.0. The first-order valence-corrected chi connectivity index (χ1v) is 6.70. The predicted molar refractivity (Wildman–Crippen MR) is 74.3 cm³/mol. The molecule has 3 aromatic rings. The van der Waals surface area contributed by atoms with Gasteiger partial charge in [-0.2, -0.15) is 0 Å². The van der Waals surface area contributed by atoms with Crippen molar-refractivity contribution in [3.8, 4) is 0 Å². The lowest BCUT2D eigenvalue weighted by Gasteiger charge is -2.09. The average Bonchev–Trinajstić information content (AvgIpc) is 2.80. The fourth-order valence-corrected chi connectivity index (χ4v) is 2.24. The number of hydrogen-bond acceptors (Lipinski definition) is 3. The largest absolute Gasteiger partial charge is 0.375 e. The van der Waals surface area contributed by atoms with Crippen LogP contribution in [0.1, 0.15) is 5.69 Å². The Bertz CT molecular complexity index is 795. The van der Waals surface area contributed by atoms with Crippen molar-refractivity contribution in [2.24, 2.45) is 0 Å². The molecule has 2 heterocycles. The van der Waals surface area contributed by atoms with Crippen molar-refractivity contribution in [2.75, 3.05) is 5.32 Å². The van der Waals surface area contributed by atoms with Gasteiger partial charge < -0.3 is 5.32 Å². The Hall–Kier alpha value is -2.09. The molecule has 0 spiro atoms. The summed E-state index contributed by atoms with van der Waals surface area (Å²) in [7, 11) is 0. The number of hydrogen-bond donors (Lipinski definition) is 1. The van der Waals surface area contributed by atoms with E-state index >= 15 is 0 Å². The highest BCUT2D eigenvalue weighted by Crippen LogP contribution is 2.21. The molecule has 1 aromatic carbocycles. The number of nitrogens with one attached hydrogen (secondary N) is 1. The number of imidazole rings is 1. The lowest BCUT2D eigenvalue weighted by molar-refractivity contribution is 0.547. The number of anilines is 1. The van der Waals surface area contributed by atoms with E-state index in [0.29, 0.717) is 28.1 Å². The zero-order chi connectivity index (χ0) is 15.0. The number of rotatable bonds is 3. The van der Waals surface area contributed by atoms with E-state index < -0.39 is 17.5 Å². The highest BCUT2D eigenvalue weighted by Gasteiger charge is 2.12. The molecule has 0 saturated heterocycles. The fraction of sp³-hybridized carbons (Fsp3) is 0.0769. The molecule has 8 heteroatoms. The molecule has 0 saturated carbocycles. The summed E-state index contributed by atoms with van der Waals surface area (Å²) in [6.45, 7) is 0.122. The van der Waals surface area contributed by atoms with Crippen molar-refractivity contribution < 1.29 is 13.2 Å². The minimum absolute atomic E-state index is 0.122. The van der Waals surface area contributed by atoms with Crippen LogP contribution >= 0.6 is 15.9 Å². The van der Waals surface area contributed by atoms with E-state index in [0.717, 1.165) is 0 Å². The first-order valence-electron chi connectivity index (χ1n) is 5.90. The van der Waals surface area contributed by atoms with Crippen LogP contribution in [-0.4, -0.2) is 14.4 Å². The van der Waals surface area contributed by atoms with Crippen LogP contribution < -0.4 is 5.32 Å². The van der Waals surface area contributed by atoms with Gasteiger partial charge in [-0.05, 0) is 15.9 Å². The Balaban J connectivity index is 1.89. The van der Waals surface area contributed by atoms with Crippen molar-refractivity contribution in [2.45, 2.75) is 6.54 Å². The second kappa shape index (κ2) is 5.36. The van der Waals surface area contributed by atoms with Gasteiger partial charge in [0, 0.05) is 18.3 Å². The predicted octanol–water partition coefficient (Wildman–Crippen LogP) is 3.52. The van der Waals surface area contributed by atoms with Gasteiger partial charge in [-0.3, -0.25) is 4.40 Å². The van der Waals surface area contributed by atoms with Crippen LogP contribution in [-0.2, 0) is 6.54 Å². The quantitative estimate of drug-likeness (QED) is 0.780. The first-order chi connectivity index (χ1) is 10.0. The molecule has 108 valence electrons. The Labute approximate surface area is 125 Å². The molecule has 21 heavy (non-hydrogen) atoms. The second-order valence-electron chi connectivity index (χ2n) is 4.29. The van der Waals surface area contributed by atoms with E-state index in [1.165, 1.54) is 0 Å². The van der Waals surface area contributed by atoms with Gasteiger partial charge in [-0.15, -0.1) is 0 Å². The van der Waals surface area contributed by atoms with E-state index in [2.05, 4.69) is 31.2 Å². The van der Waals surface area contributed by atoms with Gasteiger partial charge in [0.05, 0.1) is 24.6 Å². The highest BCUT2D eigenvalue weighted by atomic mass is 79.9. The average molecular weight is 357 g/mol. The monoisotopic (exact) mass is 356 g/mol. The van der Waals surface area contributed by atoms with Crippen molar-refractivity contribution in [1.29, 1.82) is 0 Å². The van der Waals surface area contributed by atoms with Crippen LogP contribution in [0, 0.1) is 17.5 Å². The third-order valence-electron chi connectivity index (χ3n) is 2.89. The van der Waals surface area contributed by atoms with E-state index in [1.54, 1.807) is 23.0 Å². The van der Waals surface area contributed by atoms with Gasteiger partial charge in [0.25, 0.3) is 0 Å². The Morgan fingerprint density at radius 1 is 1.10 bits per heavy atom. The van der Waals surface area contributed by atoms with Gasteiger partial charge in [0.15, 0.2) is 17.3 Å². The molecule has 0 fully saturated rings. The molecule has 1 N–H and O–H groups in total. The summed E-state index contributed by atoms with van der Waals surface area (Å²) >= 11 is 3.24. The number of benzene rings is 1. The minimum Gasteiger partial charge on any atom is -0.375 e. The number of fused-ring (bicyclic) bond motifs is 1. The SMILES string of the molecule is Fc1cc(F)c(NCc2cnc3cnc(Br)cn23)c(F)c1. The van der Waals surface area contributed by atoms with E-state index in [9.17, 15) is 13.2 Å². The molecule has 3 rings (SSSR count). The number of aromatic nitrogens is 3. The number of nitrogens with zero attached hydrogens (tertiary/aromatic N) is 3. The summed E-state index contributed by atoms with van der Waals surface area (Å²) in [6, 6.07) is 1.25. The maximum Gasteiger partial charge on any atom is 0.155 e. The molecular formula is C13H8BrF3N4. The molecule has 4 nitrogen and oxygen atoms in total. The molecule has 0 amide bonds. The van der Waals surface area contributed by atoms with Crippen LogP contribution in [0.2, 0.25) is 0 Å². The van der Waals surface area contributed by atoms with E-state index in [4.69, 9.17) is 0 Å². The second-order valence-corrected chi connectivity index (χ2v) is 5.10. The van der Waals surface area contributed by atoms with Crippen molar-refractivity contribution in [1.82, 2.24) is 14.4 Å². The zero-order valence-electron chi connectivity index (χ0n) is 10.4. The summed E-state index contributed by atoms with van der Waals surface area (Å²) in [5.74, 6) is -2.92. The Morgan fingerprint density at radius 2 is 1.81 bits per heavy atom. The van der Waals surface area contributed by atoms with Gasteiger partial charge in [-0.25, -0.2) is 23.1 Å². The van der Waals surface area contributed by atoms with Crippen LogP contribution in [0.4, 0.5) is 18.9 Å². The fourth-order valence-electron chi connectivity index (χ4n) is 1.94. The van der Waals surface area contributed by atoms with Gasteiger partial charge >= 0.3 is 0 Å². The molecule has 0 aliphatic heterocycles. The normalized spacial score (nSPS) is 11.0. The topological polar surface area (TPSA) is 42.2 Å². The molecule has 0 bridgehead atoms. The molecule has 0 atom stereocenters. The van der Waals surface area contributed by atoms with Gasteiger partial charge in [0.2, 0.25) is 0 Å². The maximum atomic E-state index is 13.5. The lowest BCUT2D eigenvalue weighted by atomic mass is 10.2. The molecule has 0 unspecified atom stereocenters. The molecule has 0 aliphatic carbocycles. The molecule has 2 aromatic heterocycles. The Morgan fingerprint density at radius 3 is 2.52 bits per heavy atom. The van der Waals surface area contributed by atoms with Crippen molar-refractivity contribution in [3.63, 3.8) is 0 Å². The van der Waals surface area contributed by atoms with Gasteiger partial charge in [0.1, 0.15) is 16.1 Å². The minimum atomic E-state index is -0.982. The van der Waals surface area contributed by atoms with Gasteiger partial charge in [-0.1, -0.05) is 0 Å². The summed E-state index contributed by atoms with van der Waals surface area (Å²) in [4.78, 5) is 8.15. The molecular weight excluding hydrogens is 349 g/mol. The lowest BCUT2D eigenvalue weighted by Crippen LogP contribution is -2.06.